The molecule has 1 atom stereocenters. The maximum atomic E-state index is 3.48. The van der Waals surface area contributed by atoms with Gasteiger partial charge in [-0.3, -0.25) is 4.90 Å². The largest absolute Gasteiger partial charge is 0.315 e. The molecule has 0 aromatic rings. The SMILES string of the molecule is CN(C)CC1CCCN1CCN1CCCNCC1. The molecule has 0 spiro atoms. The van der Waals surface area contributed by atoms with Crippen molar-refractivity contribution >= 4 is 0 Å². The first-order chi connectivity index (χ1) is 8.75. The van der Waals surface area contributed by atoms with Gasteiger partial charge < -0.3 is 15.1 Å². The van der Waals surface area contributed by atoms with Crippen LogP contribution >= 0.6 is 0 Å². The summed E-state index contributed by atoms with van der Waals surface area (Å²) in [5.41, 5.74) is 0. The van der Waals surface area contributed by atoms with E-state index in [0.717, 1.165) is 6.04 Å². The van der Waals surface area contributed by atoms with E-state index in [1.165, 1.54) is 71.6 Å². The Labute approximate surface area is 112 Å². The second kappa shape index (κ2) is 7.43. The van der Waals surface area contributed by atoms with Gasteiger partial charge in [0.15, 0.2) is 0 Å². The molecular formula is C14H30N4. The van der Waals surface area contributed by atoms with Crippen molar-refractivity contribution in [2.24, 2.45) is 0 Å². The highest BCUT2D eigenvalue weighted by Gasteiger charge is 2.24. The molecule has 0 radical (unpaired) electrons. The predicted octanol–water partition coefficient (Wildman–Crippen LogP) is 0.308. The fourth-order valence-electron chi connectivity index (χ4n) is 3.21. The number of nitrogens with one attached hydrogen (secondary N) is 1. The maximum absolute atomic E-state index is 3.48. The topological polar surface area (TPSA) is 21.8 Å². The van der Waals surface area contributed by atoms with Crippen LogP contribution in [0.2, 0.25) is 0 Å². The maximum Gasteiger partial charge on any atom is 0.0223 e. The third-order valence-electron chi connectivity index (χ3n) is 4.21. The molecule has 4 heteroatoms. The minimum Gasteiger partial charge on any atom is -0.315 e. The molecule has 0 aliphatic carbocycles. The minimum atomic E-state index is 0.796. The van der Waals surface area contributed by atoms with E-state index < -0.39 is 0 Å². The fraction of sp³-hybridized carbons (Fsp3) is 1.00. The predicted molar refractivity (Wildman–Crippen MR) is 77.1 cm³/mol. The molecule has 4 nitrogen and oxygen atoms in total. The zero-order valence-electron chi connectivity index (χ0n) is 12.2. The number of hydrogen-bond acceptors (Lipinski definition) is 4. The van der Waals surface area contributed by atoms with Gasteiger partial charge in [-0.15, -0.1) is 0 Å². The summed E-state index contributed by atoms with van der Waals surface area (Å²) in [4.78, 5) is 7.67. The van der Waals surface area contributed by atoms with Crippen LogP contribution in [0.15, 0.2) is 0 Å². The van der Waals surface area contributed by atoms with Gasteiger partial charge in [-0.05, 0) is 53.0 Å². The second-order valence-electron chi connectivity index (χ2n) is 6.04. The molecule has 0 aromatic heterocycles. The molecule has 0 amide bonds. The van der Waals surface area contributed by atoms with Gasteiger partial charge in [-0.25, -0.2) is 0 Å². The van der Waals surface area contributed by atoms with Crippen molar-refractivity contribution in [2.45, 2.75) is 25.3 Å². The molecule has 2 aliphatic heterocycles. The zero-order chi connectivity index (χ0) is 12.8. The summed E-state index contributed by atoms with van der Waals surface area (Å²) in [5.74, 6) is 0. The van der Waals surface area contributed by atoms with Crippen LogP contribution in [0.25, 0.3) is 0 Å². The van der Waals surface area contributed by atoms with E-state index in [0.29, 0.717) is 0 Å². The number of rotatable bonds is 5. The lowest BCUT2D eigenvalue weighted by Crippen LogP contribution is -2.42. The van der Waals surface area contributed by atoms with Gasteiger partial charge in [0.05, 0.1) is 0 Å². The molecule has 2 heterocycles. The molecule has 2 rings (SSSR count). The lowest BCUT2D eigenvalue weighted by atomic mass is 10.2. The minimum absolute atomic E-state index is 0.796. The van der Waals surface area contributed by atoms with Crippen molar-refractivity contribution in [3.05, 3.63) is 0 Å². The Morgan fingerprint density at radius 1 is 1.06 bits per heavy atom. The number of nitrogens with zero attached hydrogens (tertiary/aromatic N) is 3. The highest BCUT2D eigenvalue weighted by molar-refractivity contribution is 4.81. The lowest BCUT2D eigenvalue weighted by molar-refractivity contribution is 0.175. The molecule has 2 aliphatic rings. The van der Waals surface area contributed by atoms with Gasteiger partial charge in [0.2, 0.25) is 0 Å². The van der Waals surface area contributed by atoms with Crippen molar-refractivity contribution in [1.82, 2.24) is 20.0 Å². The van der Waals surface area contributed by atoms with Gasteiger partial charge in [0.1, 0.15) is 0 Å². The molecule has 0 saturated carbocycles. The van der Waals surface area contributed by atoms with Crippen LogP contribution in [0, 0.1) is 0 Å². The highest BCUT2D eigenvalue weighted by atomic mass is 15.2. The van der Waals surface area contributed by atoms with E-state index in [1.54, 1.807) is 0 Å². The van der Waals surface area contributed by atoms with Crippen LogP contribution in [0.5, 0.6) is 0 Å². The van der Waals surface area contributed by atoms with Crippen LogP contribution in [-0.4, -0.2) is 87.2 Å². The Hall–Kier alpha value is -0.160. The average Bonchev–Trinajstić information content (AvgIpc) is 2.62. The number of hydrogen-bond donors (Lipinski definition) is 1. The molecule has 1 unspecified atom stereocenters. The van der Waals surface area contributed by atoms with E-state index in [9.17, 15) is 0 Å². The Morgan fingerprint density at radius 2 is 1.94 bits per heavy atom. The molecule has 2 fully saturated rings. The lowest BCUT2D eigenvalue weighted by Gasteiger charge is -2.29. The van der Waals surface area contributed by atoms with Crippen molar-refractivity contribution in [3.8, 4) is 0 Å². The Bertz CT molecular complexity index is 224. The molecule has 106 valence electrons. The fourth-order valence-corrected chi connectivity index (χ4v) is 3.21. The van der Waals surface area contributed by atoms with Crippen molar-refractivity contribution < 1.29 is 0 Å². The van der Waals surface area contributed by atoms with Crippen LogP contribution < -0.4 is 5.32 Å². The Kier molecular flexibility index (Phi) is 5.89. The third-order valence-corrected chi connectivity index (χ3v) is 4.21. The molecule has 0 bridgehead atoms. The van der Waals surface area contributed by atoms with E-state index in [-0.39, 0.29) is 0 Å². The monoisotopic (exact) mass is 254 g/mol. The molecule has 1 N–H and O–H groups in total. The molecule has 0 aromatic carbocycles. The first-order valence-corrected chi connectivity index (χ1v) is 7.57. The van der Waals surface area contributed by atoms with Crippen LogP contribution in [0.3, 0.4) is 0 Å². The first kappa shape index (κ1) is 14.3. The Morgan fingerprint density at radius 3 is 2.78 bits per heavy atom. The quantitative estimate of drug-likeness (QED) is 0.762. The summed E-state index contributed by atoms with van der Waals surface area (Å²) in [7, 11) is 4.38. The molecule has 18 heavy (non-hydrogen) atoms. The van der Waals surface area contributed by atoms with Crippen LogP contribution in [-0.2, 0) is 0 Å². The van der Waals surface area contributed by atoms with Gasteiger partial charge >= 0.3 is 0 Å². The van der Waals surface area contributed by atoms with Gasteiger partial charge in [-0.2, -0.15) is 0 Å². The summed E-state index contributed by atoms with van der Waals surface area (Å²) >= 11 is 0. The third kappa shape index (κ3) is 4.50. The smallest absolute Gasteiger partial charge is 0.0223 e. The summed E-state index contributed by atoms with van der Waals surface area (Å²) in [5, 5.41) is 3.48. The zero-order valence-corrected chi connectivity index (χ0v) is 12.2. The van der Waals surface area contributed by atoms with Crippen molar-refractivity contribution in [1.29, 1.82) is 0 Å². The molecular weight excluding hydrogens is 224 g/mol. The average molecular weight is 254 g/mol. The molecule has 2 saturated heterocycles. The standard InChI is InChI=1S/C14H30N4/c1-16(2)13-14-5-3-9-18(14)12-11-17-8-4-6-15-7-10-17/h14-15H,3-13H2,1-2H3. The number of likely N-dealkylation sites (tertiary alicyclic amines) is 1. The summed E-state index contributed by atoms with van der Waals surface area (Å²) in [6.45, 7) is 9.92. The van der Waals surface area contributed by atoms with E-state index in [1.807, 2.05) is 0 Å². The van der Waals surface area contributed by atoms with Gasteiger partial charge in [-0.1, -0.05) is 0 Å². The normalized spacial score (nSPS) is 27.8. The van der Waals surface area contributed by atoms with E-state index in [2.05, 4.69) is 34.1 Å². The Balaban J connectivity index is 1.71. The first-order valence-electron chi connectivity index (χ1n) is 7.57. The van der Waals surface area contributed by atoms with Crippen molar-refractivity contribution in [3.63, 3.8) is 0 Å². The van der Waals surface area contributed by atoms with Gasteiger partial charge in [0, 0.05) is 38.8 Å². The number of likely N-dealkylation sites (N-methyl/N-ethyl adjacent to an activating group) is 1. The summed E-state index contributed by atoms with van der Waals surface area (Å²) in [6.07, 6.45) is 4.08. The van der Waals surface area contributed by atoms with Crippen LogP contribution in [0.4, 0.5) is 0 Å². The van der Waals surface area contributed by atoms with Crippen LogP contribution in [0.1, 0.15) is 19.3 Å². The van der Waals surface area contributed by atoms with Gasteiger partial charge in [0.25, 0.3) is 0 Å². The summed E-state index contributed by atoms with van der Waals surface area (Å²) < 4.78 is 0. The summed E-state index contributed by atoms with van der Waals surface area (Å²) in [6, 6.07) is 0.796. The van der Waals surface area contributed by atoms with Crippen molar-refractivity contribution in [2.75, 3.05) is 66.5 Å². The van der Waals surface area contributed by atoms with E-state index >= 15 is 0 Å². The second-order valence-corrected chi connectivity index (χ2v) is 6.04. The highest BCUT2D eigenvalue weighted by Crippen LogP contribution is 2.17. The van der Waals surface area contributed by atoms with E-state index in [4.69, 9.17) is 0 Å².